The smallest absolute Gasteiger partial charge is 0.253 e. The number of aromatic nitrogens is 2. The second-order valence-corrected chi connectivity index (χ2v) is 6.81. The average molecular weight is 336 g/mol. The fraction of sp³-hybridized carbons (Fsp3) is 0.450. The third-order valence-corrected chi connectivity index (χ3v) is 5.18. The summed E-state index contributed by atoms with van der Waals surface area (Å²) in [5, 5.41) is 8.85. The molecule has 0 radical (unpaired) electrons. The number of carbonyl (C=O) groups is 1. The molecule has 5 heteroatoms. The standard InChI is InChI=1S/C20H24N4O/c1-15-14-22-16(2)24(15)12-9-17-7-10-23(11-8-17)20(25)19-5-3-18(13-21)4-6-19/h3-6,14,17H,7-12H2,1-2H3. The predicted molar refractivity (Wildman–Crippen MR) is 96.1 cm³/mol. The first-order valence-corrected chi connectivity index (χ1v) is 8.86. The Hall–Kier alpha value is -2.61. The molecular weight excluding hydrogens is 312 g/mol. The molecule has 130 valence electrons. The number of nitrogens with zero attached hydrogens (tertiary/aromatic N) is 4. The van der Waals surface area contributed by atoms with Crippen molar-refractivity contribution in [2.75, 3.05) is 13.1 Å². The van der Waals surface area contributed by atoms with E-state index in [4.69, 9.17) is 5.26 Å². The van der Waals surface area contributed by atoms with Crippen LogP contribution in [-0.2, 0) is 6.54 Å². The Kier molecular flexibility index (Phi) is 5.18. The molecule has 2 aromatic rings. The molecule has 1 aromatic carbocycles. The molecule has 5 nitrogen and oxygen atoms in total. The van der Waals surface area contributed by atoms with Crippen molar-refractivity contribution < 1.29 is 4.79 Å². The second-order valence-electron chi connectivity index (χ2n) is 6.81. The van der Waals surface area contributed by atoms with E-state index in [9.17, 15) is 4.79 Å². The molecule has 1 aliphatic rings. The number of imidazole rings is 1. The van der Waals surface area contributed by atoms with E-state index in [2.05, 4.69) is 22.5 Å². The Morgan fingerprint density at radius 3 is 2.48 bits per heavy atom. The quantitative estimate of drug-likeness (QED) is 0.860. The molecule has 0 atom stereocenters. The van der Waals surface area contributed by atoms with Gasteiger partial charge in [0.1, 0.15) is 5.82 Å². The van der Waals surface area contributed by atoms with Gasteiger partial charge in [-0.3, -0.25) is 4.79 Å². The molecule has 1 amide bonds. The lowest BCUT2D eigenvalue weighted by Crippen LogP contribution is -2.38. The Labute approximate surface area is 148 Å². The number of hydrogen-bond donors (Lipinski definition) is 0. The Morgan fingerprint density at radius 1 is 1.24 bits per heavy atom. The normalized spacial score (nSPS) is 15.2. The lowest BCUT2D eigenvalue weighted by Gasteiger charge is -2.32. The van der Waals surface area contributed by atoms with Crippen LogP contribution in [0.5, 0.6) is 0 Å². The summed E-state index contributed by atoms with van der Waals surface area (Å²) < 4.78 is 2.27. The van der Waals surface area contributed by atoms with Crippen LogP contribution in [0, 0.1) is 31.1 Å². The van der Waals surface area contributed by atoms with Gasteiger partial charge in [-0.1, -0.05) is 0 Å². The third kappa shape index (κ3) is 3.90. The van der Waals surface area contributed by atoms with E-state index in [1.54, 1.807) is 24.3 Å². The number of piperidine rings is 1. The van der Waals surface area contributed by atoms with Crippen molar-refractivity contribution in [3.8, 4) is 6.07 Å². The van der Waals surface area contributed by atoms with Crippen LogP contribution in [0.4, 0.5) is 0 Å². The van der Waals surface area contributed by atoms with Gasteiger partial charge in [0, 0.05) is 37.1 Å². The summed E-state index contributed by atoms with van der Waals surface area (Å²) >= 11 is 0. The molecule has 25 heavy (non-hydrogen) atoms. The molecule has 3 rings (SSSR count). The SMILES string of the molecule is Cc1cnc(C)n1CCC1CCN(C(=O)c2ccc(C#N)cc2)CC1. The van der Waals surface area contributed by atoms with Crippen LogP contribution in [-0.4, -0.2) is 33.4 Å². The highest BCUT2D eigenvalue weighted by Gasteiger charge is 2.23. The maximum absolute atomic E-state index is 12.6. The van der Waals surface area contributed by atoms with Crippen molar-refractivity contribution in [1.29, 1.82) is 5.26 Å². The van der Waals surface area contributed by atoms with Gasteiger partial charge in [-0.25, -0.2) is 4.98 Å². The van der Waals surface area contributed by atoms with Gasteiger partial charge >= 0.3 is 0 Å². The number of nitriles is 1. The molecule has 1 fully saturated rings. The summed E-state index contributed by atoms with van der Waals surface area (Å²) in [6.45, 7) is 6.77. The van der Waals surface area contributed by atoms with Gasteiger partial charge in [-0.05, 0) is 63.3 Å². The van der Waals surface area contributed by atoms with Gasteiger partial charge in [0.2, 0.25) is 0 Å². The highest BCUT2D eigenvalue weighted by atomic mass is 16.2. The highest BCUT2D eigenvalue weighted by Crippen LogP contribution is 2.23. The van der Waals surface area contributed by atoms with Gasteiger partial charge in [-0.15, -0.1) is 0 Å². The van der Waals surface area contributed by atoms with Crippen molar-refractivity contribution in [2.45, 2.75) is 39.7 Å². The van der Waals surface area contributed by atoms with Crippen molar-refractivity contribution in [2.24, 2.45) is 5.92 Å². The average Bonchev–Trinajstić information content (AvgIpc) is 2.98. The molecule has 0 unspecified atom stereocenters. The number of rotatable bonds is 4. The van der Waals surface area contributed by atoms with Crippen LogP contribution in [0.1, 0.15) is 46.7 Å². The molecule has 2 heterocycles. The number of amides is 1. The molecule has 0 spiro atoms. The largest absolute Gasteiger partial charge is 0.339 e. The lowest BCUT2D eigenvalue weighted by atomic mass is 9.93. The second kappa shape index (κ2) is 7.52. The highest BCUT2D eigenvalue weighted by molar-refractivity contribution is 5.94. The third-order valence-electron chi connectivity index (χ3n) is 5.18. The Bertz CT molecular complexity index is 758. The fourth-order valence-corrected chi connectivity index (χ4v) is 3.53. The number of aryl methyl sites for hydroxylation is 2. The number of benzene rings is 1. The van der Waals surface area contributed by atoms with Crippen LogP contribution < -0.4 is 0 Å². The first-order chi connectivity index (χ1) is 12.1. The van der Waals surface area contributed by atoms with E-state index >= 15 is 0 Å². The van der Waals surface area contributed by atoms with Crippen molar-refractivity contribution >= 4 is 5.91 Å². The number of carbonyl (C=O) groups excluding carboxylic acids is 1. The monoisotopic (exact) mass is 336 g/mol. The van der Waals surface area contributed by atoms with E-state index in [-0.39, 0.29) is 5.91 Å². The van der Waals surface area contributed by atoms with E-state index in [1.165, 1.54) is 5.69 Å². The zero-order valence-corrected chi connectivity index (χ0v) is 14.9. The lowest BCUT2D eigenvalue weighted by molar-refractivity contribution is 0.0685. The fourth-order valence-electron chi connectivity index (χ4n) is 3.53. The minimum Gasteiger partial charge on any atom is -0.339 e. The number of likely N-dealkylation sites (tertiary alicyclic amines) is 1. The first kappa shape index (κ1) is 17.2. The van der Waals surface area contributed by atoms with Crippen LogP contribution in [0.3, 0.4) is 0 Å². The van der Waals surface area contributed by atoms with Gasteiger partial charge in [0.25, 0.3) is 5.91 Å². The van der Waals surface area contributed by atoms with Gasteiger partial charge in [0.05, 0.1) is 11.6 Å². The molecule has 0 bridgehead atoms. The Balaban J connectivity index is 1.51. The zero-order chi connectivity index (χ0) is 17.8. The van der Waals surface area contributed by atoms with Gasteiger partial charge in [0.15, 0.2) is 0 Å². The summed E-state index contributed by atoms with van der Waals surface area (Å²) in [6.07, 6.45) is 5.16. The zero-order valence-electron chi connectivity index (χ0n) is 14.9. The van der Waals surface area contributed by atoms with Crippen LogP contribution in [0.25, 0.3) is 0 Å². The summed E-state index contributed by atoms with van der Waals surface area (Å²) in [6, 6.07) is 8.98. The molecule has 0 saturated carbocycles. The summed E-state index contributed by atoms with van der Waals surface area (Å²) in [5.74, 6) is 1.81. The minimum atomic E-state index is 0.0734. The van der Waals surface area contributed by atoms with E-state index in [0.29, 0.717) is 17.0 Å². The van der Waals surface area contributed by atoms with E-state index in [1.807, 2.05) is 18.0 Å². The summed E-state index contributed by atoms with van der Waals surface area (Å²) in [7, 11) is 0. The molecule has 0 aliphatic carbocycles. The molecule has 1 aliphatic heterocycles. The topological polar surface area (TPSA) is 61.9 Å². The molecular formula is C20H24N4O. The van der Waals surface area contributed by atoms with Gasteiger partial charge in [-0.2, -0.15) is 5.26 Å². The Morgan fingerprint density at radius 2 is 1.92 bits per heavy atom. The maximum atomic E-state index is 12.6. The molecule has 0 N–H and O–H groups in total. The number of hydrogen-bond acceptors (Lipinski definition) is 3. The van der Waals surface area contributed by atoms with E-state index < -0.39 is 0 Å². The van der Waals surface area contributed by atoms with Crippen LogP contribution in [0.2, 0.25) is 0 Å². The van der Waals surface area contributed by atoms with Crippen molar-refractivity contribution in [3.05, 3.63) is 53.1 Å². The van der Waals surface area contributed by atoms with Gasteiger partial charge < -0.3 is 9.47 Å². The van der Waals surface area contributed by atoms with E-state index in [0.717, 1.165) is 44.7 Å². The maximum Gasteiger partial charge on any atom is 0.253 e. The van der Waals surface area contributed by atoms with Crippen LogP contribution in [0.15, 0.2) is 30.5 Å². The van der Waals surface area contributed by atoms with Crippen molar-refractivity contribution in [3.63, 3.8) is 0 Å². The van der Waals surface area contributed by atoms with Crippen LogP contribution >= 0.6 is 0 Å². The first-order valence-electron chi connectivity index (χ1n) is 8.86. The minimum absolute atomic E-state index is 0.0734. The summed E-state index contributed by atoms with van der Waals surface area (Å²) in [4.78, 5) is 18.9. The molecule has 1 aromatic heterocycles. The predicted octanol–water partition coefficient (Wildman–Crippen LogP) is 3.31. The van der Waals surface area contributed by atoms with Crippen molar-refractivity contribution in [1.82, 2.24) is 14.5 Å². The summed E-state index contributed by atoms with van der Waals surface area (Å²) in [5.41, 5.74) is 2.47. The molecule has 1 saturated heterocycles.